The first kappa shape index (κ1) is 8.78. The maximum absolute atomic E-state index is 5.54. The molecule has 1 saturated heterocycles. The molecule has 1 unspecified atom stereocenters. The Labute approximate surface area is 78.5 Å². The highest BCUT2D eigenvalue weighted by Gasteiger charge is 2.28. The molecule has 13 heavy (non-hydrogen) atoms. The van der Waals surface area contributed by atoms with Gasteiger partial charge in [0.2, 0.25) is 0 Å². The minimum Gasteiger partial charge on any atom is -0.378 e. The number of rotatable bonds is 1. The Morgan fingerprint density at radius 3 is 3.00 bits per heavy atom. The molecule has 0 radical (unpaired) electrons. The fourth-order valence-electron chi connectivity index (χ4n) is 1.72. The number of nitrogens with one attached hydrogen (secondary N) is 2. The van der Waals surface area contributed by atoms with Crippen molar-refractivity contribution in [3.05, 3.63) is 24.0 Å². The summed E-state index contributed by atoms with van der Waals surface area (Å²) in [7, 11) is 0. The number of hydrogen-bond donors (Lipinski definition) is 2. The first-order valence-corrected chi connectivity index (χ1v) is 4.65. The van der Waals surface area contributed by atoms with E-state index in [1.807, 2.05) is 12.4 Å². The van der Waals surface area contributed by atoms with Gasteiger partial charge in [-0.25, -0.2) is 0 Å². The van der Waals surface area contributed by atoms with E-state index in [0.717, 1.165) is 13.2 Å². The van der Waals surface area contributed by atoms with Crippen molar-refractivity contribution in [2.45, 2.75) is 25.4 Å². The molecule has 2 rings (SSSR count). The third kappa shape index (κ3) is 1.92. The zero-order valence-electron chi connectivity index (χ0n) is 8.13. The van der Waals surface area contributed by atoms with Crippen molar-refractivity contribution >= 4 is 0 Å². The third-order valence-electron chi connectivity index (χ3n) is 2.34. The lowest BCUT2D eigenvalue weighted by atomic mass is 10.0. The first-order valence-electron chi connectivity index (χ1n) is 4.65. The van der Waals surface area contributed by atoms with E-state index in [0.29, 0.717) is 6.04 Å². The monoisotopic (exact) mass is 180 g/mol. The van der Waals surface area contributed by atoms with Gasteiger partial charge in [0.25, 0.3) is 0 Å². The molecule has 3 nitrogen and oxygen atoms in total. The smallest absolute Gasteiger partial charge is 0.0663 e. The third-order valence-corrected chi connectivity index (χ3v) is 2.34. The molecular weight excluding hydrogens is 164 g/mol. The van der Waals surface area contributed by atoms with E-state index in [1.165, 1.54) is 5.56 Å². The lowest BCUT2D eigenvalue weighted by Gasteiger charge is -2.36. The van der Waals surface area contributed by atoms with Crippen molar-refractivity contribution in [2.24, 2.45) is 0 Å². The second-order valence-electron chi connectivity index (χ2n) is 4.24. The van der Waals surface area contributed by atoms with Gasteiger partial charge in [0, 0.05) is 17.9 Å². The van der Waals surface area contributed by atoms with Crippen LogP contribution in [0.2, 0.25) is 0 Å². The van der Waals surface area contributed by atoms with Crippen LogP contribution >= 0.6 is 0 Å². The minimum atomic E-state index is 0.0835. The molecule has 1 aromatic heterocycles. The van der Waals surface area contributed by atoms with Gasteiger partial charge >= 0.3 is 0 Å². The van der Waals surface area contributed by atoms with Crippen LogP contribution in [0.1, 0.15) is 25.5 Å². The highest BCUT2D eigenvalue weighted by atomic mass is 16.5. The van der Waals surface area contributed by atoms with E-state index in [2.05, 4.69) is 30.2 Å². The van der Waals surface area contributed by atoms with Gasteiger partial charge in [-0.3, -0.25) is 0 Å². The van der Waals surface area contributed by atoms with E-state index in [1.54, 1.807) is 0 Å². The quantitative estimate of drug-likeness (QED) is 0.686. The summed E-state index contributed by atoms with van der Waals surface area (Å²) in [5.74, 6) is 0. The lowest BCUT2D eigenvalue weighted by Crippen LogP contribution is -2.51. The van der Waals surface area contributed by atoms with E-state index >= 15 is 0 Å². The largest absolute Gasteiger partial charge is 0.378 e. The van der Waals surface area contributed by atoms with Crippen molar-refractivity contribution in [3.8, 4) is 0 Å². The molecule has 1 atom stereocenters. The van der Waals surface area contributed by atoms with Gasteiger partial charge in [-0.05, 0) is 25.5 Å². The molecule has 0 aliphatic carbocycles. The van der Waals surface area contributed by atoms with Gasteiger partial charge in [0.1, 0.15) is 0 Å². The maximum atomic E-state index is 5.54. The molecule has 2 N–H and O–H groups in total. The number of aromatic amines is 1. The highest BCUT2D eigenvalue weighted by Crippen LogP contribution is 2.21. The summed E-state index contributed by atoms with van der Waals surface area (Å²) in [5, 5.41) is 3.55. The van der Waals surface area contributed by atoms with Crippen LogP contribution in [-0.2, 0) is 4.74 Å². The summed E-state index contributed by atoms with van der Waals surface area (Å²) in [6, 6.07) is 2.41. The first-order chi connectivity index (χ1) is 6.17. The van der Waals surface area contributed by atoms with Crippen molar-refractivity contribution in [1.82, 2.24) is 10.3 Å². The normalized spacial score (nSPS) is 27.4. The average molecular weight is 180 g/mol. The number of hydrogen-bond acceptors (Lipinski definition) is 2. The average Bonchev–Trinajstić information content (AvgIpc) is 2.53. The maximum Gasteiger partial charge on any atom is 0.0663 e. The molecule has 0 aromatic carbocycles. The Hall–Kier alpha value is -0.800. The van der Waals surface area contributed by atoms with Crippen molar-refractivity contribution < 1.29 is 4.74 Å². The van der Waals surface area contributed by atoms with Crippen LogP contribution in [0.15, 0.2) is 18.5 Å². The summed E-state index contributed by atoms with van der Waals surface area (Å²) in [6.07, 6.45) is 3.96. The van der Waals surface area contributed by atoms with Gasteiger partial charge in [-0.2, -0.15) is 0 Å². The molecule has 72 valence electrons. The standard InChI is InChI=1S/C10H16N2O/c1-10(2)7-13-6-9(12-10)8-3-4-11-5-8/h3-5,9,11-12H,6-7H2,1-2H3. The van der Waals surface area contributed by atoms with Crippen LogP contribution < -0.4 is 5.32 Å². The number of ether oxygens (including phenoxy) is 1. The van der Waals surface area contributed by atoms with E-state index < -0.39 is 0 Å². The van der Waals surface area contributed by atoms with Gasteiger partial charge < -0.3 is 15.0 Å². The van der Waals surface area contributed by atoms with E-state index in [9.17, 15) is 0 Å². The number of H-pyrrole nitrogens is 1. The molecule has 2 heterocycles. The van der Waals surface area contributed by atoms with Gasteiger partial charge in [0.05, 0.1) is 19.3 Å². The van der Waals surface area contributed by atoms with Crippen molar-refractivity contribution in [3.63, 3.8) is 0 Å². The molecule has 1 fully saturated rings. The van der Waals surface area contributed by atoms with E-state index in [4.69, 9.17) is 4.74 Å². The zero-order chi connectivity index (χ0) is 9.31. The van der Waals surface area contributed by atoms with Crippen LogP contribution in [0.3, 0.4) is 0 Å². The van der Waals surface area contributed by atoms with Crippen LogP contribution in [0.25, 0.3) is 0 Å². The summed E-state index contributed by atoms with van der Waals surface area (Å²) in [6.45, 7) is 5.87. The predicted molar refractivity (Wildman–Crippen MR) is 51.6 cm³/mol. The summed E-state index contributed by atoms with van der Waals surface area (Å²) >= 11 is 0. The number of aromatic nitrogens is 1. The minimum absolute atomic E-state index is 0.0835. The summed E-state index contributed by atoms with van der Waals surface area (Å²) < 4.78 is 5.54. The Bertz CT molecular complexity index is 266. The second kappa shape index (κ2) is 3.16. The molecule has 0 saturated carbocycles. The molecule has 0 bridgehead atoms. The van der Waals surface area contributed by atoms with Crippen LogP contribution in [0, 0.1) is 0 Å². The van der Waals surface area contributed by atoms with Crippen molar-refractivity contribution in [1.29, 1.82) is 0 Å². The van der Waals surface area contributed by atoms with Crippen molar-refractivity contribution in [2.75, 3.05) is 13.2 Å². The second-order valence-corrected chi connectivity index (χ2v) is 4.24. The van der Waals surface area contributed by atoms with Crippen LogP contribution in [0.5, 0.6) is 0 Å². The molecule has 1 aromatic rings. The Morgan fingerprint density at radius 1 is 1.54 bits per heavy atom. The molecular formula is C10H16N2O. The van der Waals surface area contributed by atoms with Gasteiger partial charge in [0.15, 0.2) is 0 Å². The summed E-state index contributed by atoms with van der Waals surface area (Å²) in [5.41, 5.74) is 1.35. The Kier molecular flexibility index (Phi) is 2.14. The Balaban J connectivity index is 2.09. The Morgan fingerprint density at radius 2 is 2.38 bits per heavy atom. The van der Waals surface area contributed by atoms with Gasteiger partial charge in [-0.1, -0.05) is 0 Å². The highest BCUT2D eigenvalue weighted by molar-refractivity contribution is 5.15. The van der Waals surface area contributed by atoms with Crippen LogP contribution in [0.4, 0.5) is 0 Å². The molecule has 0 amide bonds. The number of morpholine rings is 1. The SMILES string of the molecule is CC1(C)COCC(c2cc[nH]c2)N1. The van der Waals surface area contributed by atoms with Crippen LogP contribution in [-0.4, -0.2) is 23.7 Å². The molecule has 1 aliphatic rings. The molecule has 0 spiro atoms. The fraction of sp³-hybridized carbons (Fsp3) is 0.600. The molecule has 1 aliphatic heterocycles. The van der Waals surface area contributed by atoms with Gasteiger partial charge in [-0.15, -0.1) is 0 Å². The fourth-order valence-corrected chi connectivity index (χ4v) is 1.72. The zero-order valence-corrected chi connectivity index (χ0v) is 8.13. The lowest BCUT2D eigenvalue weighted by molar-refractivity contribution is 0.0128. The predicted octanol–water partition coefficient (Wildman–Crippen LogP) is 1.45. The summed E-state index contributed by atoms with van der Waals surface area (Å²) in [4.78, 5) is 3.06. The topological polar surface area (TPSA) is 37.0 Å². The molecule has 3 heteroatoms. The van der Waals surface area contributed by atoms with E-state index in [-0.39, 0.29) is 5.54 Å².